The van der Waals surface area contributed by atoms with E-state index < -0.39 is 16.6 Å². The van der Waals surface area contributed by atoms with E-state index in [0.29, 0.717) is 24.2 Å². The van der Waals surface area contributed by atoms with Crippen molar-refractivity contribution in [1.82, 2.24) is 0 Å². The highest BCUT2D eigenvalue weighted by atomic mass is 16.6. The van der Waals surface area contributed by atoms with Crippen LogP contribution in [0.15, 0.2) is 47.5 Å². The quantitative estimate of drug-likeness (QED) is 0.569. The van der Waals surface area contributed by atoms with Gasteiger partial charge in [0.1, 0.15) is 11.3 Å². The second-order valence-corrected chi connectivity index (χ2v) is 7.75. The summed E-state index contributed by atoms with van der Waals surface area (Å²) in [5, 5.41) is 14.0. The number of fused-ring (bicyclic) bond motifs is 1. The molecule has 1 N–H and O–H groups in total. The van der Waals surface area contributed by atoms with Crippen LogP contribution in [0.25, 0.3) is 0 Å². The Labute approximate surface area is 163 Å². The molecule has 1 heterocycles. The van der Waals surface area contributed by atoms with Crippen molar-refractivity contribution in [3.8, 4) is 0 Å². The molecule has 146 valence electrons. The van der Waals surface area contributed by atoms with E-state index in [2.05, 4.69) is 10.3 Å². The Morgan fingerprint density at radius 2 is 2.04 bits per heavy atom. The third kappa shape index (κ3) is 4.73. The number of para-hydroxylation sites is 1. The Kier molecular flexibility index (Phi) is 5.44. The van der Waals surface area contributed by atoms with Crippen LogP contribution in [0.3, 0.4) is 0 Å². The van der Waals surface area contributed by atoms with E-state index in [1.807, 2.05) is 45.0 Å². The molecule has 0 aliphatic carbocycles. The van der Waals surface area contributed by atoms with Crippen molar-refractivity contribution in [1.29, 1.82) is 0 Å². The standard InChI is InChI=1S/C21H23N3O4/c1-21(2,3)28-20(25)23-16-7-4-6-14(13-16)12-15-10-11-22-19-17(15)8-5-9-18(19)24(26)27/h4-9,11,13,15H,10,12H2,1-3H3,(H,23,25). The molecule has 2 aromatic carbocycles. The fourth-order valence-corrected chi connectivity index (χ4v) is 3.24. The summed E-state index contributed by atoms with van der Waals surface area (Å²) in [7, 11) is 0. The van der Waals surface area contributed by atoms with Gasteiger partial charge in [0.2, 0.25) is 0 Å². The van der Waals surface area contributed by atoms with E-state index >= 15 is 0 Å². The number of benzene rings is 2. The minimum atomic E-state index is -0.568. The van der Waals surface area contributed by atoms with Crippen LogP contribution in [0.4, 0.5) is 21.9 Å². The van der Waals surface area contributed by atoms with Crippen LogP contribution in [0.5, 0.6) is 0 Å². The van der Waals surface area contributed by atoms with Gasteiger partial charge in [0.15, 0.2) is 0 Å². The Bertz CT molecular complexity index is 931. The van der Waals surface area contributed by atoms with Crippen molar-refractivity contribution in [3.05, 3.63) is 63.7 Å². The van der Waals surface area contributed by atoms with Crippen LogP contribution < -0.4 is 5.32 Å². The lowest BCUT2D eigenvalue weighted by Crippen LogP contribution is -2.27. The lowest BCUT2D eigenvalue weighted by molar-refractivity contribution is -0.384. The van der Waals surface area contributed by atoms with Crippen molar-refractivity contribution in [3.63, 3.8) is 0 Å². The Morgan fingerprint density at radius 1 is 1.29 bits per heavy atom. The van der Waals surface area contributed by atoms with Crippen molar-refractivity contribution >= 4 is 29.4 Å². The highest BCUT2D eigenvalue weighted by Gasteiger charge is 2.25. The highest BCUT2D eigenvalue weighted by molar-refractivity contribution is 5.85. The number of carbonyl (C=O) groups excluding carboxylic acids is 1. The lowest BCUT2D eigenvalue weighted by atomic mass is 9.86. The van der Waals surface area contributed by atoms with Gasteiger partial charge in [-0.05, 0) is 62.8 Å². The van der Waals surface area contributed by atoms with Crippen molar-refractivity contribution < 1.29 is 14.5 Å². The molecule has 0 radical (unpaired) electrons. The molecule has 7 nitrogen and oxygen atoms in total. The second-order valence-electron chi connectivity index (χ2n) is 7.75. The van der Waals surface area contributed by atoms with Gasteiger partial charge in [-0.15, -0.1) is 0 Å². The molecular weight excluding hydrogens is 358 g/mol. The Morgan fingerprint density at radius 3 is 2.75 bits per heavy atom. The molecule has 1 amide bonds. The van der Waals surface area contributed by atoms with Gasteiger partial charge in [-0.3, -0.25) is 20.4 Å². The van der Waals surface area contributed by atoms with Crippen molar-refractivity contribution in [2.24, 2.45) is 4.99 Å². The predicted octanol–water partition coefficient (Wildman–Crippen LogP) is 5.37. The van der Waals surface area contributed by atoms with Gasteiger partial charge in [0.05, 0.1) is 4.92 Å². The van der Waals surface area contributed by atoms with Gasteiger partial charge in [0.25, 0.3) is 5.69 Å². The number of ether oxygens (including phenoxy) is 1. The first-order valence-electron chi connectivity index (χ1n) is 9.12. The zero-order valence-electron chi connectivity index (χ0n) is 16.1. The maximum absolute atomic E-state index is 12.0. The first-order chi connectivity index (χ1) is 13.2. The summed E-state index contributed by atoms with van der Waals surface area (Å²) in [6, 6.07) is 12.6. The van der Waals surface area contributed by atoms with E-state index in [9.17, 15) is 14.9 Å². The molecule has 0 spiro atoms. The number of aliphatic imine (C=N–C) groups is 1. The fourth-order valence-electron chi connectivity index (χ4n) is 3.24. The molecule has 7 heteroatoms. The second kappa shape index (κ2) is 7.80. The summed E-state index contributed by atoms with van der Waals surface area (Å²) in [6.07, 6.45) is 2.63. The molecule has 1 unspecified atom stereocenters. The van der Waals surface area contributed by atoms with E-state index in [1.54, 1.807) is 18.3 Å². The van der Waals surface area contributed by atoms with Gasteiger partial charge < -0.3 is 4.74 Å². The third-order valence-corrected chi connectivity index (χ3v) is 4.35. The van der Waals surface area contributed by atoms with E-state index in [-0.39, 0.29) is 11.6 Å². The molecule has 1 atom stereocenters. The van der Waals surface area contributed by atoms with Gasteiger partial charge in [0, 0.05) is 18.0 Å². The van der Waals surface area contributed by atoms with E-state index in [4.69, 9.17) is 4.74 Å². The lowest BCUT2D eigenvalue weighted by Gasteiger charge is -2.21. The number of hydrogen-bond acceptors (Lipinski definition) is 5. The van der Waals surface area contributed by atoms with E-state index in [0.717, 1.165) is 11.1 Å². The van der Waals surface area contributed by atoms with Crippen LogP contribution in [0.1, 0.15) is 44.2 Å². The van der Waals surface area contributed by atoms with Gasteiger partial charge >= 0.3 is 6.09 Å². The Balaban J connectivity index is 1.77. The number of hydrogen-bond donors (Lipinski definition) is 1. The fraction of sp³-hybridized carbons (Fsp3) is 0.333. The maximum Gasteiger partial charge on any atom is 0.412 e. The molecule has 0 saturated carbocycles. The number of carbonyl (C=O) groups is 1. The zero-order chi connectivity index (χ0) is 20.3. The number of amides is 1. The van der Waals surface area contributed by atoms with Crippen molar-refractivity contribution in [2.75, 3.05) is 5.32 Å². The van der Waals surface area contributed by atoms with Crippen LogP contribution in [0, 0.1) is 10.1 Å². The van der Waals surface area contributed by atoms with Crippen LogP contribution >= 0.6 is 0 Å². The van der Waals surface area contributed by atoms with Crippen molar-refractivity contribution in [2.45, 2.75) is 45.1 Å². The number of anilines is 1. The first-order valence-corrected chi connectivity index (χ1v) is 9.12. The Hall–Kier alpha value is -3.22. The summed E-state index contributed by atoms with van der Waals surface area (Å²) in [6.45, 7) is 5.43. The molecule has 0 bridgehead atoms. The average Bonchev–Trinajstić information content (AvgIpc) is 2.60. The summed E-state index contributed by atoms with van der Waals surface area (Å²) < 4.78 is 5.28. The molecule has 1 aliphatic rings. The number of rotatable bonds is 4. The minimum Gasteiger partial charge on any atom is -0.444 e. The average molecular weight is 381 g/mol. The highest BCUT2D eigenvalue weighted by Crippen LogP contribution is 2.40. The number of nitro groups is 1. The molecule has 1 aliphatic heterocycles. The summed E-state index contributed by atoms with van der Waals surface area (Å²) >= 11 is 0. The van der Waals surface area contributed by atoms with Gasteiger partial charge in [-0.1, -0.05) is 24.3 Å². The number of nitrogens with zero attached hydrogens (tertiary/aromatic N) is 2. The predicted molar refractivity (Wildman–Crippen MR) is 109 cm³/mol. The SMILES string of the molecule is CC(C)(C)OC(=O)Nc1cccc(CC2CC=Nc3c2cccc3[N+](=O)[O-])c1. The van der Waals surface area contributed by atoms with Crippen LogP contribution in [-0.4, -0.2) is 22.8 Å². The molecule has 3 rings (SSSR count). The largest absolute Gasteiger partial charge is 0.444 e. The zero-order valence-corrected chi connectivity index (χ0v) is 16.1. The van der Waals surface area contributed by atoms with Gasteiger partial charge in [-0.25, -0.2) is 4.79 Å². The number of nitrogens with one attached hydrogen (secondary N) is 1. The smallest absolute Gasteiger partial charge is 0.412 e. The molecule has 0 fully saturated rings. The van der Waals surface area contributed by atoms with Crippen LogP contribution in [-0.2, 0) is 11.2 Å². The molecule has 28 heavy (non-hydrogen) atoms. The molecular formula is C21H23N3O4. The minimum absolute atomic E-state index is 0.0267. The first kappa shape index (κ1) is 19.5. The summed E-state index contributed by atoms with van der Waals surface area (Å²) in [5.41, 5.74) is 2.44. The monoisotopic (exact) mass is 381 g/mol. The molecule has 0 saturated heterocycles. The molecule has 2 aromatic rings. The van der Waals surface area contributed by atoms with Gasteiger partial charge in [-0.2, -0.15) is 0 Å². The normalized spacial score (nSPS) is 15.6. The summed E-state index contributed by atoms with van der Waals surface area (Å²) in [5.74, 6) is 0.0872. The maximum atomic E-state index is 12.0. The molecule has 0 aromatic heterocycles. The summed E-state index contributed by atoms with van der Waals surface area (Å²) in [4.78, 5) is 27.1. The number of nitro benzene ring substituents is 1. The third-order valence-electron chi connectivity index (χ3n) is 4.35. The van der Waals surface area contributed by atoms with E-state index in [1.165, 1.54) is 6.07 Å². The topological polar surface area (TPSA) is 93.8 Å². The van der Waals surface area contributed by atoms with Crippen LogP contribution in [0.2, 0.25) is 0 Å².